The molecule has 0 radical (unpaired) electrons. The van der Waals surface area contributed by atoms with Crippen LogP contribution in [0.3, 0.4) is 0 Å². The molecule has 0 amide bonds. The number of rotatable bonds is 2. The molecule has 2 saturated carbocycles. The van der Waals surface area contributed by atoms with E-state index in [0.717, 1.165) is 116 Å². The van der Waals surface area contributed by atoms with Gasteiger partial charge in [-0.15, -0.1) is 22.7 Å². The molecule has 326 valence electrons. The maximum Gasteiger partial charge on any atom is 0.197 e. The molecule has 2 aromatic heterocycles. The van der Waals surface area contributed by atoms with Gasteiger partial charge >= 0.3 is 0 Å². The monoisotopic (exact) mass is 916 g/mol. The summed E-state index contributed by atoms with van der Waals surface area (Å²) in [6.07, 6.45) is 14.2. The Labute approximate surface area is 399 Å². The Bertz CT molecular complexity index is 3550. The smallest absolute Gasteiger partial charge is 0.197 e. The van der Waals surface area contributed by atoms with E-state index in [-0.39, 0.29) is 45.1 Å². The molecule has 6 aliphatic rings. The predicted octanol–water partition coefficient (Wildman–Crippen LogP) is 14.6. The Morgan fingerprint density at radius 2 is 0.706 bits per heavy atom. The highest BCUT2D eigenvalue weighted by atomic mass is 32.1. The van der Waals surface area contributed by atoms with Crippen LogP contribution >= 0.6 is 22.7 Å². The molecule has 0 atom stereocenters. The summed E-state index contributed by atoms with van der Waals surface area (Å²) in [6.45, 7) is 0. The van der Waals surface area contributed by atoms with Crippen LogP contribution in [0.1, 0.15) is 138 Å². The van der Waals surface area contributed by atoms with Gasteiger partial charge in [-0.1, -0.05) is 87.1 Å². The van der Waals surface area contributed by atoms with Crippen LogP contribution in [-0.4, -0.2) is 33.1 Å². The lowest BCUT2D eigenvalue weighted by molar-refractivity contribution is 0.0975. The molecule has 2 heterocycles. The summed E-state index contributed by atoms with van der Waals surface area (Å²) >= 11 is 3.23. The first-order valence-electron chi connectivity index (χ1n) is 24.0. The summed E-state index contributed by atoms with van der Waals surface area (Å²) in [5, 5.41) is 9.59. The van der Waals surface area contributed by atoms with Gasteiger partial charge in [-0.3, -0.25) is 19.2 Å². The molecule has 2 fully saturated rings. The van der Waals surface area contributed by atoms with Crippen LogP contribution in [0.4, 0.5) is 0 Å². The van der Waals surface area contributed by atoms with Crippen molar-refractivity contribution in [3.63, 3.8) is 0 Å². The average Bonchev–Trinajstić information content (AvgIpc) is 4.18. The lowest BCUT2D eigenvalue weighted by Gasteiger charge is -2.36. The molecule has 0 N–H and O–H groups in total. The topological polar surface area (TPSA) is 94.1 Å². The van der Waals surface area contributed by atoms with E-state index in [1.165, 1.54) is 35.1 Å². The molecular weight excluding hydrogens is 877 g/mol. The van der Waals surface area contributed by atoms with Gasteiger partial charge in [-0.2, -0.15) is 0 Å². The van der Waals surface area contributed by atoms with Crippen molar-refractivity contribution in [1.29, 1.82) is 0 Å². The minimum absolute atomic E-state index is 0.189. The first kappa shape index (κ1) is 39.0. The van der Waals surface area contributed by atoms with Gasteiger partial charge in [0.15, 0.2) is 23.1 Å². The summed E-state index contributed by atoms with van der Waals surface area (Å²) in [6, 6.07) is 37.2. The van der Waals surface area contributed by atoms with E-state index in [4.69, 9.17) is 9.97 Å². The minimum atomic E-state index is -0.264. The first-order valence-corrected chi connectivity index (χ1v) is 25.7. The van der Waals surface area contributed by atoms with Crippen LogP contribution in [0.15, 0.2) is 120 Å². The van der Waals surface area contributed by atoms with Gasteiger partial charge < -0.3 is 0 Å². The maximum atomic E-state index is 14.1. The summed E-state index contributed by atoms with van der Waals surface area (Å²) < 4.78 is 0. The van der Waals surface area contributed by atoms with Crippen molar-refractivity contribution in [2.45, 2.75) is 75.0 Å². The second-order valence-corrected chi connectivity index (χ2v) is 22.1. The number of nitrogens with zero attached hydrogens (tertiary/aromatic N) is 2. The number of carbonyl (C=O) groups is 4. The fourth-order valence-electron chi connectivity index (χ4n) is 13.2. The lowest BCUT2D eigenvalue weighted by atomic mass is 9.67. The summed E-state index contributed by atoms with van der Waals surface area (Å²) in [7, 11) is 0. The highest BCUT2D eigenvalue weighted by Crippen LogP contribution is 2.63. The van der Waals surface area contributed by atoms with Crippen molar-refractivity contribution in [2.75, 3.05) is 0 Å². The normalized spacial score (nSPS) is 18.3. The first-order chi connectivity index (χ1) is 33.2. The van der Waals surface area contributed by atoms with Crippen molar-refractivity contribution in [3.8, 4) is 20.9 Å². The van der Waals surface area contributed by atoms with E-state index in [1.54, 1.807) is 34.8 Å². The van der Waals surface area contributed by atoms with E-state index in [2.05, 4.69) is 60.7 Å². The number of hydrogen-bond donors (Lipinski definition) is 0. The molecule has 68 heavy (non-hydrogen) atoms. The number of Topliss-reactive ketones (excluding diaryl/α,β-unsaturated/α-hetero) is 4. The molecular formula is C60H40N2O4S2. The number of benzene rings is 7. The van der Waals surface area contributed by atoms with Crippen molar-refractivity contribution < 1.29 is 19.2 Å². The third kappa shape index (κ3) is 5.22. The van der Waals surface area contributed by atoms with Gasteiger partial charge in [0.25, 0.3) is 0 Å². The Kier molecular flexibility index (Phi) is 7.93. The Balaban J connectivity index is 0.823. The SMILES string of the molecule is O=C1C(=Cc2nc3c(s2)-c2cc4c(cc2C32CCCCC2)-c2sc(C=C3C(=O)c5cc6cc7ccccc7cc6cc5C3=O)nc2C42CCCCC2)C(=O)c2cc3cc4ccccc4cc3cc21. The molecule has 2 spiro atoms. The average molecular weight is 917 g/mol. The zero-order valence-electron chi connectivity index (χ0n) is 37.0. The van der Waals surface area contributed by atoms with Gasteiger partial charge in [-0.25, -0.2) is 9.97 Å². The van der Waals surface area contributed by atoms with Crippen molar-refractivity contribution in [3.05, 3.63) is 175 Å². The lowest BCUT2D eigenvalue weighted by Crippen LogP contribution is -2.30. The van der Waals surface area contributed by atoms with Crippen LogP contribution in [0.25, 0.3) is 76.1 Å². The van der Waals surface area contributed by atoms with Gasteiger partial charge in [0, 0.05) is 33.1 Å². The van der Waals surface area contributed by atoms with Crippen LogP contribution < -0.4 is 0 Å². The number of hydrogen-bond acceptors (Lipinski definition) is 8. The minimum Gasteiger partial charge on any atom is -0.288 e. The predicted molar refractivity (Wildman–Crippen MR) is 273 cm³/mol. The maximum absolute atomic E-state index is 14.1. The van der Waals surface area contributed by atoms with E-state index < -0.39 is 0 Å². The third-order valence-electron chi connectivity index (χ3n) is 16.5. The zero-order valence-corrected chi connectivity index (χ0v) is 38.6. The molecule has 8 heteroatoms. The molecule has 0 unspecified atom stereocenters. The summed E-state index contributed by atoms with van der Waals surface area (Å²) in [5.41, 5.74) is 9.00. The Morgan fingerprint density at radius 3 is 1.03 bits per heavy atom. The van der Waals surface area contributed by atoms with Gasteiger partial charge in [0.05, 0.1) is 32.3 Å². The number of fused-ring (bicyclic) bond motifs is 16. The molecule has 0 saturated heterocycles. The number of aromatic nitrogens is 2. The number of thiazole rings is 2. The molecule has 0 aliphatic heterocycles. The quantitative estimate of drug-likeness (QED) is 0.0974. The molecule has 9 aromatic rings. The Hall–Kier alpha value is -7.00. The van der Waals surface area contributed by atoms with Crippen LogP contribution in [0, 0.1) is 0 Å². The molecule has 6 aliphatic carbocycles. The fraction of sp³-hybridized carbons (Fsp3) is 0.200. The number of allylic oxidation sites excluding steroid dienone is 2. The van der Waals surface area contributed by atoms with E-state index in [9.17, 15) is 19.2 Å². The van der Waals surface area contributed by atoms with Crippen molar-refractivity contribution in [1.82, 2.24) is 9.97 Å². The largest absolute Gasteiger partial charge is 0.288 e. The van der Waals surface area contributed by atoms with E-state index in [1.807, 2.05) is 48.5 Å². The third-order valence-corrected chi connectivity index (χ3v) is 18.5. The van der Waals surface area contributed by atoms with Crippen molar-refractivity contribution >= 4 is 101 Å². The fourth-order valence-corrected chi connectivity index (χ4v) is 15.5. The summed E-state index contributed by atoms with van der Waals surface area (Å²) in [5.74, 6) is -0.935. The van der Waals surface area contributed by atoms with Gasteiger partial charge in [0.2, 0.25) is 0 Å². The summed E-state index contributed by atoms with van der Waals surface area (Å²) in [4.78, 5) is 69.5. The highest BCUT2D eigenvalue weighted by molar-refractivity contribution is 7.16. The number of ketones is 4. The molecule has 15 rings (SSSR count). The van der Waals surface area contributed by atoms with Crippen LogP contribution in [0.2, 0.25) is 0 Å². The number of carbonyl (C=O) groups excluding carboxylic acids is 4. The molecule has 6 nitrogen and oxygen atoms in total. The van der Waals surface area contributed by atoms with E-state index >= 15 is 0 Å². The highest BCUT2D eigenvalue weighted by Gasteiger charge is 2.52. The molecule has 0 bridgehead atoms. The van der Waals surface area contributed by atoms with Crippen molar-refractivity contribution in [2.24, 2.45) is 0 Å². The second-order valence-electron chi connectivity index (χ2n) is 20.0. The standard InChI is InChI=1S/C60H40N2O4S2/c63-51-39-23-35-19-31-11-3-4-12-32(31)20-36(35)24-40(39)52(64)45(51)29-49-61-57-55(67-49)43-28-48-44(27-47(43)59(57)15-7-1-8-16-59)56-58(60(48)17-9-2-10-18-60)62-50(68-56)30-46-53(65)41-25-37-21-33-13-5-6-14-34(33)22-38(37)26-42(41)54(46)66/h3-6,11-14,19-30H,1-2,7-10,15-18H2. The van der Waals surface area contributed by atoms with Gasteiger partial charge in [0.1, 0.15) is 10.0 Å². The zero-order chi connectivity index (χ0) is 45.2. The Morgan fingerprint density at radius 1 is 0.382 bits per heavy atom. The van der Waals surface area contributed by atoms with Crippen LogP contribution in [0.5, 0.6) is 0 Å². The van der Waals surface area contributed by atoms with E-state index in [0.29, 0.717) is 32.3 Å². The molecule has 7 aromatic carbocycles. The second kappa shape index (κ2) is 13.8. The van der Waals surface area contributed by atoms with Gasteiger partial charge in [-0.05, 0) is 164 Å². The van der Waals surface area contributed by atoms with Crippen LogP contribution in [-0.2, 0) is 10.8 Å².